The van der Waals surface area contributed by atoms with E-state index in [0.29, 0.717) is 31.0 Å². The van der Waals surface area contributed by atoms with Gasteiger partial charge in [0.2, 0.25) is 0 Å². The lowest BCUT2D eigenvalue weighted by molar-refractivity contribution is -0.161. The summed E-state index contributed by atoms with van der Waals surface area (Å²) in [5.41, 5.74) is 13.0. The number of nitrogens with two attached hydrogens (primary N) is 2. The number of anilines is 2. The highest BCUT2D eigenvalue weighted by Crippen LogP contribution is 2.35. The molecule has 0 aliphatic carbocycles. The minimum absolute atomic E-state index is 0.357. The first-order chi connectivity index (χ1) is 9.61. The van der Waals surface area contributed by atoms with Gasteiger partial charge in [0, 0.05) is 13.0 Å². The lowest BCUT2D eigenvalue weighted by Gasteiger charge is -2.40. The molecule has 2 saturated heterocycles. The fourth-order valence-corrected chi connectivity index (χ4v) is 2.97. The van der Waals surface area contributed by atoms with Crippen LogP contribution in [0.4, 0.5) is 11.4 Å². The molecule has 1 aromatic carbocycles. The van der Waals surface area contributed by atoms with Gasteiger partial charge in [-0.05, 0) is 18.6 Å². The van der Waals surface area contributed by atoms with Crippen molar-refractivity contribution >= 4 is 17.3 Å². The van der Waals surface area contributed by atoms with Crippen molar-refractivity contribution in [1.82, 2.24) is 0 Å². The van der Waals surface area contributed by atoms with Crippen molar-refractivity contribution in [1.29, 1.82) is 0 Å². The van der Waals surface area contributed by atoms with E-state index in [-0.39, 0.29) is 0 Å². The molecule has 108 valence electrons. The van der Waals surface area contributed by atoms with E-state index in [1.165, 1.54) is 0 Å². The summed E-state index contributed by atoms with van der Waals surface area (Å²) in [6, 6.07) is 5.34. The molecule has 3 rings (SSSR count). The fraction of sp³-hybridized carbons (Fsp3) is 0.500. The second-order valence-corrected chi connectivity index (χ2v) is 5.24. The third-order valence-corrected chi connectivity index (χ3v) is 3.92. The topological polar surface area (TPSA) is 90.8 Å². The molecule has 0 unspecified atom stereocenters. The molecule has 0 saturated carbocycles. The molecule has 1 spiro atoms. The number of rotatable bonds is 2. The van der Waals surface area contributed by atoms with Crippen molar-refractivity contribution < 1.29 is 14.3 Å². The van der Waals surface area contributed by atoms with Crippen molar-refractivity contribution in [2.75, 3.05) is 36.9 Å². The summed E-state index contributed by atoms with van der Waals surface area (Å²) in [4.78, 5) is 13.5. The van der Waals surface area contributed by atoms with E-state index in [2.05, 4.69) is 4.90 Å². The predicted molar refractivity (Wildman–Crippen MR) is 75.5 cm³/mol. The number of benzene rings is 1. The van der Waals surface area contributed by atoms with Gasteiger partial charge in [-0.1, -0.05) is 6.07 Å². The van der Waals surface area contributed by atoms with Crippen LogP contribution in [0.25, 0.3) is 0 Å². The average molecular weight is 277 g/mol. The lowest BCUT2D eigenvalue weighted by Crippen LogP contribution is -2.49. The van der Waals surface area contributed by atoms with Gasteiger partial charge in [-0.2, -0.15) is 0 Å². The first-order valence-corrected chi connectivity index (χ1v) is 6.82. The van der Waals surface area contributed by atoms with Crippen LogP contribution in [0, 0.1) is 0 Å². The minimum atomic E-state index is -0.520. The molecule has 2 fully saturated rings. The number of amides is 1. The first kappa shape index (κ1) is 13.2. The van der Waals surface area contributed by atoms with E-state index in [9.17, 15) is 4.79 Å². The Bertz CT molecular complexity index is 526. The third kappa shape index (κ3) is 2.21. The maximum Gasteiger partial charge on any atom is 0.250 e. The molecular formula is C14H19N3O3. The molecule has 6 heteroatoms. The van der Waals surface area contributed by atoms with Gasteiger partial charge in [0.25, 0.3) is 5.91 Å². The predicted octanol–water partition coefficient (Wildman–Crippen LogP) is 0.711. The van der Waals surface area contributed by atoms with Crippen molar-refractivity contribution in [3.63, 3.8) is 0 Å². The van der Waals surface area contributed by atoms with Crippen LogP contribution >= 0.6 is 0 Å². The number of primary amides is 1. The summed E-state index contributed by atoms with van der Waals surface area (Å²) in [5.74, 6) is -1.03. The summed E-state index contributed by atoms with van der Waals surface area (Å²) < 4.78 is 11.5. The summed E-state index contributed by atoms with van der Waals surface area (Å²) in [6.07, 6.45) is 1.85. The number of para-hydroxylation sites is 1. The van der Waals surface area contributed by atoms with Crippen molar-refractivity contribution in [3.05, 3.63) is 23.8 Å². The van der Waals surface area contributed by atoms with Crippen molar-refractivity contribution in [3.8, 4) is 0 Å². The largest absolute Gasteiger partial charge is 0.396 e. The van der Waals surface area contributed by atoms with Crippen molar-refractivity contribution in [2.45, 2.75) is 18.6 Å². The van der Waals surface area contributed by atoms with Gasteiger partial charge in [0.1, 0.15) is 0 Å². The summed E-state index contributed by atoms with van der Waals surface area (Å²) in [6.45, 7) is 2.75. The smallest absolute Gasteiger partial charge is 0.250 e. The molecular weight excluding hydrogens is 258 g/mol. The zero-order chi connectivity index (χ0) is 14.2. The Hall–Kier alpha value is -1.79. The second-order valence-electron chi connectivity index (χ2n) is 5.24. The Kier molecular flexibility index (Phi) is 3.27. The highest BCUT2D eigenvalue weighted by Gasteiger charge is 2.41. The van der Waals surface area contributed by atoms with Gasteiger partial charge < -0.3 is 25.8 Å². The van der Waals surface area contributed by atoms with E-state index in [1.54, 1.807) is 12.1 Å². The van der Waals surface area contributed by atoms with Gasteiger partial charge in [-0.15, -0.1) is 0 Å². The van der Waals surface area contributed by atoms with Crippen LogP contribution in [-0.4, -0.2) is 38.0 Å². The lowest BCUT2D eigenvalue weighted by atomic mass is 10.0. The standard InChI is InChI=1S/C14H19N3O3/c15-12-10(13(16)18)3-1-4-11(12)17-6-2-5-14(9-17)19-7-8-20-14/h1,3-4H,2,5-9,15H2,(H2,16,18). The summed E-state index contributed by atoms with van der Waals surface area (Å²) in [7, 11) is 0. The van der Waals surface area contributed by atoms with E-state index in [4.69, 9.17) is 20.9 Å². The Morgan fingerprint density at radius 1 is 1.30 bits per heavy atom. The van der Waals surface area contributed by atoms with Gasteiger partial charge in [-0.3, -0.25) is 4.79 Å². The molecule has 2 aliphatic rings. The molecule has 0 bridgehead atoms. The molecule has 6 nitrogen and oxygen atoms in total. The molecule has 0 radical (unpaired) electrons. The summed E-state index contributed by atoms with van der Waals surface area (Å²) >= 11 is 0. The number of nitrogen functional groups attached to an aromatic ring is 1. The Labute approximate surface area is 117 Å². The maximum atomic E-state index is 11.4. The molecule has 0 atom stereocenters. The number of hydrogen-bond acceptors (Lipinski definition) is 5. The molecule has 1 aromatic rings. The Morgan fingerprint density at radius 2 is 2.05 bits per heavy atom. The fourth-order valence-electron chi connectivity index (χ4n) is 2.97. The van der Waals surface area contributed by atoms with Gasteiger partial charge in [-0.25, -0.2) is 0 Å². The highest BCUT2D eigenvalue weighted by atomic mass is 16.7. The van der Waals surface area contributed by atoms with E-state index in [0.717, 1.165) is 25.1 Å². The quantitative estimate of drug-likeness (QED) is 0.777. The number of hydrogen-bond donors (Lipinski definition) is 2. The number of carbonyl (C=O) groups excluding carboxylic acids is 1. The normalized spacial score (nSPS) is 21.3. The van der Waals surface area contributed by atoms with Gasteiger partial charge in [0.05, 0.1) is 36.7 Å². The van der Waals surface area contributed by atoms with Crippen LogP contribution in [-0.2, 0) is 9.47 Å². The van der Waals surface area contributed by atoms with E-state index in [1.807, 2.05) is 6.07 Å². The number of carbonyl (C=O) groups is 1. The maximum absolute atomic E-state index is 11.4. The molecule has 1 amide bonds. The Balaban J connectivity index is 1.89. The average Bonchev–Trinajstić information content (AvgIpc) is 2.86. The molecule has 0 aromatic heterocycles. The SMILES string of the molecule is NC(=O)c1cccc(N2CCCC3(C2)OCCO3)c1N. The molecule has 4 N–H and O–H groups in total. The van der Waals surface area contributed by atoms with E-state index >= 15 is 0 Å². The monoisotopic (exact) mass is 277 g/mol. The van der Waals surface area contributed by atoms with E-state index < -0.39 is 11.7 Å². The third-order valence-electron chi connectivity index (χ3n) is 3.92. The van der Waals surface area contributed by atoms with Gasteiger partial charge in [0.15, 0.2) is 5.79 Å². The summed E-state index contributed by atoms with van der Waals surface area (Å²) in [5, 5.41) is 0. The minimum Gasteiger partial charge on any atom is -0.396 e. The zero-order valence-electron chi connectivity index (χ0n) is 11.3. The van der Waals surface area contributed by atoms with Crippen LogP contribution < -0.4 is 16.4 Å². The van der Waals surface area contributed by atoms with Crippen LogP contribution in [0.15, 0.2) is 18.2 Å². The molecule has 20 heavy (non-hydrogen) atoms. The second kappa shape index (κ2) is 4.96. The van der Waals surface area contributed by atoms with Gasteiger partial charge >= 0.3 is 0 Å². The van der Waals surface area contributed by atoms with Crippen LogP contribution in [0.5, 0.6) is 0 Å². The number of ether oxygens (including phenoxy) is 2. The van der Waals surface area contributed by atoms with Crippen LogP contribution in [0.2, 0.25) is 0 Å². The highest BCUT2D eigenvalue weighted by molar-refractivity contribution is 6.00. The molecule has 2 aliphatic heterocycles. The van der Waals surface area contributed by atoms with Crippen LogP contribution in [0.1, 0.15) is 23.2 Å². The van der Waals surface area contributed by atoms with Crippen molar-refractivity contribution in [2.24, 2.45) is 5.73 Å². The number of piperidine rings is 1. The van der Waals surface area contributed by atoms with Crippen LogP contribution in [0.3, 0.4) is 0 Å². The first-order valence-electron chi connectivity index (χ1n) is 6.82. The molecule has 2 heterocycles. The zero-order valence-corrected chi connectivity index (χ0v) is 11.3. The Morgan fingerprint density at radius 3 is 2.75 bits per heavy atom. The number of nitrogens with zero attached hydrogens (tertiary/aromatic N) is 1.